The number of piperidine rings is 1. The van der Waals surface area contributed by atoms with Gasteiger partial charge in [0.1, 0.15) is 0 Å². The molecule has 0 bridgehead atoms. The lowest BCUT2D eigenvalue weighted by Gasteiger charge is -2.43. The molecule has 0 saturated carbocycles. The maximum atomic E-state index is 12.6. The molecule has 5 nitrogen and oxygen atoms in total. The van der Waals surface area contributed by atoms with Gasteiger partial charge in [-0.3, -0.25) is 19.7 Å². The first kappa shape index (κ1) is 17.2. The van der Waals surface area contributed by atoms with Crippen LogP contribution in [-0.4, -0.2) is 57.9 Å². The zero-order valence-corrected chi connectivity index (χ0v) is 15.3. The topological polar surface area (TPSA) is 49.3 Å². The maximum absolute atomic E-state index is 12.6. The Labute approximate surface area is 155 Å². The van der Waals surface area contributed by atoms with E-state index < -0.39 is 0 Å². The number of nitrogens with zero attached hydrogens (tertiary/aromatic N) is 4. The van der Waals surface area contributed by atoms with Gasteiger partial charge in [-0.25, -0.2) is 0 Å². The van der Waals surface area contributed by atoms with Gasteiger partial charge in [0.25, 0.3) is 0 Å². The van der Waals surface area contributed by atoms with Crippen LogP contribution >= 0.6 is 0 Å². The predicted octanol–water partition coefficient (Wildman–Crippen LogP) is 2.50. The third-order valence-electron chi connectivity index (χ3n) is 6.20. The molecule has 5 heteroatoms. The van der Waals surface area contributed by atoms with Gasteiger partial charge in [0.05, 0.1) is 12.1 Å². The van der Waals surface area contributed by atoms with Crippen LogP contribution in [0.15, 0.2) is 48.9 Å². The molecule has 1 spiro atoms. The second kappa shape index (κ2) is 7.16. The van der Waals surface area contributed by atoms with Crippen molar-refractivity contribution in [2.24, 2.45) is 0 Å². The Kier molecular flexibility index (Phi) is 4.72. The molecule has 0 unspecified atom stereocenters. The van der Waals surface area contributed by atoms with E-state index >= 15 is 0 Å². The molecule has 2 aliphatic heterocycles. The molecular formula is C21H26N4O. The largest absolute Gasteiger partial charge is 0.342 e. The number of amides is 1. The van der Waals surface area contributed by atoms with Crippen LogP contribution in [0.2, 0.25) is 0 Å². The monoisotopic (exact) mass is 350 g/mol. The first-order chi connectivity index (χ1) is 12.7. The molecule has 3 heterocycles. The Morgan fingerprint density at radius 2 is 1.96 bits per heavy atom. The minimum Gasteiger partial charge on any atom is -0.342 e. The number of aromatic nitrogens is 2. The molecule has 1 amide bonds. The third-order valence-corrected chi connectivity index (χ3v) is 6.20. The van der Waals surface area contributed by atoms with Crippen LogP contribution in [0.25, 0.3) is 0 Å². The smallest absolute Gasteiger partial charge is 0.228 e. The summed E-state index contributed by atoms with van der Waals surface area (Å²) in [6.45, 7) is 2.79. The lowest BCUT2D eigenvalue weighted by molar-refractivity contribution is -0.132. The highest BCUT2D eigenvalue weighted by atomic mass is 16.2. The number of hydrogen-bond acceptors (Lipinski definition) is 4. The summed E-state index contributed by atoms with van der Waals surface area (Å²) in [5.74, 6) is 0.767. The fourth-order valence-electron chi connectivity index (χ4n) is 4.60. The van der Waals surface area contributed by atoms with E-state index in [1.807, 2.05) is 4.90 Å². The van der Waals surface area contributed by atoms with E-state index in [-0.39, 0.29) is 11.4 Å². The van der Waals surface area contributed by atoms with E-state index in [2.05, 4.69) is 52.2 Å². The fraction of sp³-hybridized carbons (Fsp3) is 0.476. The van der Waals surface area contributed by atoms with Crippen molar-refractivity contribution in [3.05, 3.63) is 60.2 Å². The van der Waals surface area contributed by atoms with E-state index in [1.165, 1.54) is 12.0 Å². The Balaban J connectivity index is 1.37. The second-order valence-electron chi connectivity index (χ2n) is 7.67. The van der Waals surface area contributed by atoms with Gasteiger partial charge in [-0.1, -0.05) is 30.3 Å². The molecule has 136 valence electrons. The zero-order chi connectivity index (χ0) is 18.0. The van der Waals surface area contributed by atoms with Gasteiger partial charge < -0.3 is 4.90 Å². The van der Waals surface area contributed by atoms with Crippen LogP contribution in [-0.2, 0) is 11.2 Å². The highest BCUT2D eigenvalue weighted by molar-refractivity contribution is 5.78. The van der Waals surface area contributed by atoms with E-state index in [1.54, 1.807) is 18.6 Å². The number of likely N-dealkylation sites (tertiary alicyclic amines) is 2. The molecule has 4 rings (SSSR count). The lowest BCUT2D eigenvalue weighted by atomic mass is 9.81. The fourth-order valence-corrected chi connectivity index (χ4v) is 4.60. The highest BCUT2D eigenvalue weighted by Gasteiger charge is 2.46. The molecule has 0 N–H and O–H groups in total. The first-order valence-corrected chi connectivity index (χ1v) is 9.45. The van der Waals surface area contributed by atoms with Gasteiger partial charge in [0.15, 0.2) is 0 Å². The van der Waals surface area contributed by atoms with Crippen LogP contribution in [0.5, 0.6) is 0 Å². The van der Waals surface area contributed by atoms with Crippen molar-refractivity contribution in [2.75, 3.05) is 26.7 Å². The maximum Gasteiger partial charge on any atom is 0.228 e. The first-order valence-electron chi connectivity index (χ1n) is 9.45. The molecule has 1 aromatic carbocycles. The van der Waals surface area contributed by atoms with Gasteiger partial charge in [0, 0.05) is 43.8 Å². The zero-order valence-electron chi connectivity index (χ0n) is 15.3. The third kappa shape index (κ3) is 3.36. The second-order valence-corrected chi connectivity index (χ2v) is 7.67. The normalized spacial score (nSPS) is 22.7. The average molecular weight is 350 g/mol. The van der Waals surface area contributed by atoms with E-state index in [9.17, 15) is 4.79 Å². The average Bonchev–Trinajstić information content (AvgIpc) is 3.00. The quantitative estimate of drug-likeness (QED) is 0.853. The van der Waals surface area contributed by atoms with Gasteiger partial charge in [0.2, 0.25) is 5.91 Å². The van der Waals surface area contributed by atoms with Gasteiger partial charge >= 0.3 is 0 Å². The van der Waals surface area contributed by atoms with E-state index in [0.29, 0.717) is 12.3 Å². The molecule has 2 aromatic rings. The van der Waals surface area contributed by atoms with Gasteiger partial charge in [-0.2, -0.15) is 0 Å². The number of carbonyl (C=O) groups excluding carboxylic acids is 1. The predicted molar refractivity (Wildman–Crippen MR) is 101 cm³/mol. The SMILES string of the molecule is CN1C[C@H](c2ccccc2)CC12CCN(C(=O)Cc1cnccn1)CC2. The molecule has 2 aliphatic rings. The van der Waals surface area contributed by atoms with Crippen LogP contribution in [0, 0.1) is 0 Å². The minimum atomic E-state index is 0.167. The van der Waals surface area contributed by atoms with Crippen molar-refractivity contribution < 1.29 is 4.79 Å². The number of likely N-dealkylation sites (N-methyl/N-ethyl adjacent to an activating group) is 1. The van der Waals surface area contributed by atoms with Gasteiger partial charge in [-0.05, 0) is 37.8 Å². The summed E-state index contributed by atoms with van der Waals surface area (Å²) in [4.78, 5) is 25.4. The summed E-state index contributed by atoms with van der Waals surface area (Å²) in [5.41, 5.74) is 2.43. The Morgan fingerprint density at radius 1 is 1.19 bits per heavy atom. The Hall–Kier alpha value is -2.27. The van der Waals surface area contributed by atoms with Gasteiger partial charge in [-0.15, -0.1) is 0 Å². The minimum absolute atomic E-state index is 0.167. The molecule has 1 aromatic heterocycles. The van der Waals surface area contributed by atoms with Crippen molar-refractivity contribution in [3.63, 3.8) is 0 Å². The van der Waals surface area contributed by atoms with Crippen LogP contribution in [0.1, 0.15) is 36.4 Å². The highest BCUT2D eigenvalue weighted by Crippen LogP contribution is 2.43. The summed E-state index contributed by atoms with van der Waals surface area (Å²) in [6, 6.07) is 10.8. The molecule has 2 fully saturated rings. The number of rotatable bonds is 3. The van der Waals surface area contributed by atoms with Crippen molar-refractivity contribution in [3.8, 4) is 0 Å². The van der Waals surface area contributed by atoms with Crippen LogP contribution < -0.4 is 0 Å². The Bertz CT molecular complexity index is 741. The molecule has 0 radical (unpaired) electrons. The summed E-state index contributed by atoms with van der Waals surface area (Å²) >= 11 is 0. The molecular weight excluding hydrogens is 324 g/mol. The van der Waals surface area contributed by atoms with E-state index in [4.69, 9.17) is 0 Å². The summed E-state index contributed by atoms with van der Waals surface area (Å²) in [5, 5.41) is 0. The van der Waals surface area contributed by atoms with Crippen molar-refractivity contribution >= 4 is 5.91 Å². The number of benzene rings is 1. The molecule has 26 heavy (non-hydrogen) atoms. The molecule has 1 atom stereocenters. The lowest BCUT2D eigenvalue weighted by Crippen LogP contribution is -2.52. The van der Waals surface area contributed by atoms with Crippen molar-refractivity contribution in [2.45, 2.75) is 37.1 Å². The molecule has 2 saturated heterocycles. The summed E-state index contributed by atoms with van der Waals surface area (Å²) in [7, 11) is 2.25. The summed E-state index contributed by atoms with van der Waals surface area (Å²) < 4.78 is 0. The Morgan fingerprint density at radius 3 is 2.65 bits per heavy atom. The van der Waals surface area contributed by atoms with Crippen molar-refractivity contribution in [1.82, 2.24) is 19.8 Å². The summed E-state index contributed by atoms with van der Waals surface area (Å²) in [6.07, 6.45) is 8.61. The van der Waals surface area contributed by atoms with Crippen molar-refractivity contribution in [1.29, 1.82) is 0 Å². The van der Waals surface area contributed by atoms with E-state index in [0.717, 1.165) is 38.2 Å². The molecule has 0 aliphatic carbocycles. The number of hydrogen-bond donors (Lipinski definition) is 0. The van der Waals surface area contributed by atoms with Crippen LogP contribution in [0.3, 0.4) is 0 Å². The standard InChI is InChI=1S/C21H26N4O/c1-24-16-18(17-5-3-2-4-6-17)14-21(24)7-11-25(12-8-21)20(26)13-19-15-22-9-10-23-19/h2-6,9-10,15,18H,7-8,11-14,16H2,1H3/t18-/m1/s1. The van der Waals surface area contributed by atoms with Crippen LogP contribution in [0.4, 0.5) is 0 Å². The number of carbonyl (C=O) groups is 1.